The van der Waals surface area contributed by atoms with Crippen LogP contribution < -0.4 is 4.74 Å². The third-order valence-corrected chi connectivity index (χ3v) is 7.58. The molecule has 0 unspecified atom stereocenters. The smallest absolute Gasteiger partial charge is 0.312 e. The second kappa shape index (κ2) is 8.37. The Morgan fingerprint density at radius 2 is 1.97 bits per heavy atom. The van der Waals surface area contributed by atoms with Crippen LogP contribution in [0.4, 0.5) is 4.39 Å². The molecule has 2 aromatic carbocycles. The van der Waals surface area contributed by atoms with Gasteiger partial charge in [-0.1, -0.05) is 28.1 Å². The molecular formula is C25H24BrFN2O5. The first kappa shape index (κ1) is 22.8. The molecule has 9 heteroatoms. The Kier molecular flexibility index (Phi) is 5.62. The molecule has 2 saturated heterocycles. The van der Waals surface area contributed by atoms with E-state index in [9.17, 15) is 18.8 Å². The number of carbonyl (C=O) groups excluding carboxylic acids is 3. The van der Waals surface area contributed by atoms with Crippen LogP contribution in [0.25, 0.3) is 0 Å². The molecule has 7 nitrogen and oxygen atoms in total. The second-order valence-electron chi connectivity index (χ2n) is 9.03. The first-order valence-electron chi connectivity index (χ1n) is 11.2. The summed E-state index contributed by atoms with van der Waals surface area (Å²) in [6, 6.07) is 10.9. The molecule has 3 heterocycles. The largest absolute Gasteiger partial charge is 0.493 e. The number of rotatable bonds is 4. The van der Waals surface area contributed by atoms with Crippen molar-refractivity contribution in [3.8, 4) is 5.75 Å². The molecule has 0 N–H and O–H groups in total. The van der Waals surface area contributed by atoms with Crippen molar-refractivity contribution in [1.82, 2.24) is 9.80 Å². The molecule has 3 aliphatic heterocycles. The SMILES string of the molecule is CCOC(=O)[C@H]1[C@H]2COc3ccc(Br)cc3[C@@H]2N2C(=O)CN(Cc3ccc(F)cc3)C(=O)[C@@]12C. The molecule has 0 bridgehead atoms. The molecule has 2 aromatic rings. The number of ether oxygens (including phenoxy) is 2. The Hall–Kier alpha value is -2.94. The molecule has 2 amide bonds. The van der Waals surface area contributed by atoms with Gasteiger partial charge in [-0.05, 0) is 49.7 Å². The van der Waals surface area contributed by atoms with Gasteiger partial charge in [-0.15, -0.1) is 0 Å². The van der Waals surface area contributed by atoms with Crippen molar-refractivity contribution < 1.29 is 28.2 Å². The zero-order chi connectivity index (χ0) is 24.2. The van der Waals surface area contributed by atoms with Gasteiger partial charge in [0.1, 0.15) is 23.7 Å². The Morgan fingerprint density at radius 3 is 2.68 bits per heavy atom. The molecule has 0 spiro atoms. The van der Waals surface area contributed by atoms with E-state index in [1.807, 2.05) is 18.2 Å². The van der Waals surface area contributed by atoms with Crippen molar-refractivity contribution >= 4 is 33.7 Å². The van der Waals surface area contributed by atoms with E-state index in [1.54, 1.807) is 30.9 Å². The summed E-state index contributed by atoms with van der Waals surface area (Å²) in [5.74, 6) is -2.18. The highest BCUT2D eigenvalue weighted by molar-refractivity contribution is 9.10. The van der Waals surface area contributed by atoms with Gasteiger partial charge in [0.2, 0.25) is 11.8 Å². The van der Waals surface area contributed by atoms with Gasteiger partial charge >= 0.3 is 5.97 Å². The van der Waals surface area contributed by atoms with Gasteiger partial charge in [0, 0.05) is 22.5 Å². The highest BCUT2D eigenvalue weighted by Crippen LogP contribution is 2.57. The van der Waals surface area contributed by atoms with Crippen LogP contribution >= 0.6 is 15.9 Å². The fourth-order valence-electron chi connectivity index (χ4n) is 5.71. The predicted octanol–water partition coefficient (Wildman–Crippen LogP) is 3.46. The number of hydrogen-bond acceptors (Lipinski definition) is 5. The molecule has 0 aromatic heterocycles. The summed E-state index contributed by atoms with van der Waals surface area (Å²) in [6.45, 7) is 3.72. The summed E-state index contributed by atoms with van der Waals surface area (Å²) < 4.78 is 25.6. The van der Waals surface area contributed by atoms with E-state index in [0.29, 0.717) is 11.3 Å². The van der Waals surface area contributed by atoms with Crippen molar-refractivity contribution in [2.75, 3.05) is 19.8 Å². The summed E-state index contributed by atoms with van der Waals surface area (Å²) in [5.41, 5.74) is 0.0154. The lowest BCUT2D eigenvalue weighted by Crippen LogP contribution is -2.67. The van der Waals surface area contributed by atoms with E-state index < -0.39 is 29.4 Å². The van der Waals surface area contributed by atoms with Crippen molar-refractivity contribution in [1.29, 1.82) is 0 Å². The fraction of sp³-hybridized carbons (Fsp3) is 0.400. The maximum absolute atomic E-state index is 14.0. The van der Waals surface area contributed by atoms with Crippen molar-refractivity contribution in [2.24, 2.45) is 11.8 Å². The number of esters is 1. The van der Waals surface area contributed by atoms with Crippen LogP contribution in [-0.4, -0.2) is 52.9 Å². The number of benzene rings is 2. The third kappa shape index (κ3) is 3.40. The first-order chi connectivity index (χ1) is 16.3. The maximum Gasteiger partial charge on any atom is 0.312 e. The van der Waals surface area contributed by atoms with E-state index in [0.717, 1.165) is 10.0 Å². The fourth-order valence-corrected chi connectivity index (χ4v) is 6.09. The Bertz CT molecular complexity index is 1170. The van der Waals surface area contributed by atoms with Gasteiger partial charge in [-0.3, -0.25) is 14.4 Å². The summed E-state index contributed by atoms with van der Waals surface area (Å²) >= 11 is 3.48. The monoisotopic (exact) mass is 530 g/mol. The Morgan fingerprint density at radius 1 is 1.24 bits per heavy atom. The van der Waals surface area contributed by atoms with Crippen LogP contribution in [0.5, 0.6) is 5.75 Å². The molecule has 0 radical (unpaired) electrons. The molecule has 4 atom stereocenters. The second-order valence-corrected chi connectivity index (χ2v) is 9.95. The van der Waals surface area contributed by atoms with Crippen LogP contribution in [0.2, 0.25) is 0 Å². The third-order valence-electron chi connectivity index (χ3n) is 7.08. The van der Waals surface area contributed by atoms with E-state index in [2.05, 4.69) is 15.9 Å². The van der Waals surface area contributed by atoms with Crippen LogP contribution in [0.15, 0.2) is 46.9 Å². The van der Waals surface area contributed by atoms with E-state index in [4.69, 9.17) is 9.47 Å². The lowest BCUT2D eigenvalue weighted by atomic mass is 9.77. The summed E-state index contributed by atoms with van der Waals surface area (Å²) in [7, 11) is 0. The predicted molar refractivity (Wildman–Crippen MR) is 123 cm³/mol. The average molecular weight is 531 g/mol. The van der Waals surface area contributed by atoms with Gasteiger partial charge < -0.3 is 19.3 Å². The summed E-state index contributed by atoms with van der Waals surface area (Å²) in [5, 5.41) is 0. The minimum atomic E-state index is -1.44. The normalized spacial score (nSPS) is 27.6. The number of halogens is 2. The molecular weight excluding hydrogens is 507 g/mol. The van der Waals surface area contributed by atoms with E-state index >= 15 is 0 Å². The summed E-state index contributed by atoms with van der Waals surface area (Å²) in [6.07, 6.45) is 0. The molecule has 5 rings (SSSR count). The van der Waals surface area contributed by atoms with Crippen molar-refractivity contribution in [3.63, 3.8) is 0 Å². The van der Waals surface area contributed by atoms with Crippen LogP contribution in [0, 0.1) is 17.7 Å². The maximum atomic E-state index is 14.0. The number of carbonyl (C=O) groups is 3. The first-order valence-corrected chi connectivity index (χ1v) is 12.0. The molecule has 2 fully saturated rings. The number of piperazine rings is 1. The Balaban J connectivity index is 1.59. The molecule has 178 valence electrons. The van der Waals surface area contributed by atoms with E-state index in [-0.39, 0.29) is 43.9 Å². The molecule has 34 heavy (non-hydrogen) atoms. The van der Waals surface area contributed by atoms with E-state index in [1.165, 1.54) is 17.0 Å². The minimum Gasteiger partial charge on any atom is -0.493 e. The molecule has 0 aliphatic carbocycles. The lowest BCUT2D eigenvalue weighted by Gasteiger charge is -2.47. The Labute approximate surface area is 204 Å². The van der Waals surface area contributed by atoms with Gasteiger partial charge in [0.15, 0.2) is 0 Å². The number of fused-ring (bicyclic) bond motifs is 5. The highest BCUT2D eigenvalue weighted by Gasteiger charge is 2.69. The minimum absolute atomic E-state index is 0.130. The standard InChI is InChI=1S/C25H24BrFN2O5/c1-3-33-23(31)21-18-13-34-19-9-6-15(26)10-17(19)22(18)29-20(30)12-28(24(32)25(21,29)2)11-14-4-7-16(27)8-5-14/h4-10,18,21-22H,3,11-13H2,1-2H3/t18-,21-,22+,25-/m1/s1. The van der Waals surface area contributed by atoms with Gasteiger partial charge in [-0.2, -0.15) is 0 Å². The van der Waals surface area contributed by atoms with Crippen molar-refractivity contribution in [2.45, 2.75) is 32.0 Å². The topological polar surface area (TPSA) is 76.2 Å². The summed E-state index contributed by atoms with van der Waals surface area (Å²) in [4.78, 5) is 43.9. The average Bonchev–Trinajstić information content (AvgIpc) is 3.09. The number of hydrogen-bond donors (Lipinski definition) is 0. The van der Waals surface area contributed by atoms with Crippen LogP contribution in [0.1, 0.15) is 31.0 Å². The highest BCUT2D eigenvalue weighted by atomic mass is 79.9. The quantitative estimate of drug-likeness (QED) is 0.566. The number of nitrogens with zero attached hydrogens (tertiary/aromatic N) is 2. The van der Waals surface area contributed by atoms with Crippen molar-refractivity contribution in [3.05, 3.63) is 63.9 Å². The van der Waals surface area contributed by atoms with Gasteiger partial charge in [0.05, 0.1) is 25.2 Å². The van der Waals surface area contributed by atoms with Gasteiger partial charge in [0.25, 0.3) is 0 Å². The molecule has 0 saturated carbocycles. The molecule has 3 aliphatic rings. The van der Waals surface area contributed by atoms with Crippen LogP contribution in [0.3, 0.4) is 0 Å². The van der Waals surface area contributed by atoms with Crippen LogP contribution in [-0.2, 0) is 25.7 Å². The lowest BCUT2D eigenvalue weighted by molar-refractivity contribution is -0.170. The van der Waals surface area contributed by atoms with Gasteiger partial charge in [-0.25, -0.2) is 4.39 Å². The number of amides is 2. The zero-order valence-corrected chi connectivity index (χ0v) is 20.4. The zero-order valence-electron chi connectivity index (χ0n) is 18.8.